The minimum atomic E-state index is 0.466. The standard InChI is InChI=1S/C14H10Br2ClN3S/c1-20(2)7-3-4-10-8(5-7)13(17)19-14(18-10)9-6-11(15)21-12(9)16/h3-6H,1-2H3. The molecule has 2 aromatic heterocycles. The van der Waals surface area contributed by atoms with Crippen LogP contribution in [-0.2, 0) is 0 Å². The first-order chi connectivity index (χ1) is 9.95. The third-order valence-electron chi connectivity index (χ3n) is 3.05. The van der Waals surface area contributed by atoms with Crippen molar-refractivity contribution in [3.8, 4) is 11.4 Å². The van der Waals surface area contributed by atoms with Crippen molar-refractivity contribution in [1.82, 2.24) is 9.97 Å². The van der Waals surface area contributed by atoms with Crippen LogP contribution in [0.5, 0.6) is 0 Å². The van der Waals surface area contributed by atoms with Crippen LogP contribution in [0.15, 0.2) is 31.8 Å². The Balaban J connectivity index is 2.20. The maximum atomic E-state index is 6.35. The van der Waals surface area contributed by atoms with Gasteiger partial charge in [0.15, 0.2) is 5.82 Å². The minimum absolute atomic E-state index is 0.466. The Hall–Kier alpha value is -0.690. The van der Waals surface area contributed by atoms with Crippen LogP contribution in [0.4, 0.5) is 5.69 Å². The highest BCUT2D eigenvalue weighted by Crippen LogP contribution is 2.38. The number of aromatic nitrogens is 2. The molecule has 0 bridgehead atoms. The Labute approximate surface area is 148 Å². The minimum Gasteiger partial charge on any atom is -0.378 e. The van der Waals surface area contributed by atoms with E-state index in [1.54, 1.807) is 11.3 Å². The Kier molecular flexibility index (Phi) is 4.23. The van der Waals surface area contributed by atoms with E-state index in [1.807, 2.05) is 43.3 Å². The zero-order chi connectivity index (χ0) is 15.1. The summed E-state index contributed by atoms with van der Waals surface area (Å²) in [6.07, 6.45) is 0. The predicted molar refractivity (Wildman–Crippen MR) is 97.6 cm³/mol. The molecule has 21 heavy (non-hydrogen) atoms. The number of anilines is 1. The van der Waals surface area contributed by atoms with Gasteiger partial charge < -0.3 is 4.90 Å². The number of nitrogens with zero attached hydrogens (tertiary/aromatic N) is 3. The van der Waals surface area contributed by atoms with Gasteiger partial charge in [0.05, 0.1) is 13.1 Å². The normalized spacial score (nSPS) is 11.1. The molecule has 0 N–H and O–H groups in total. The second kappa shape index (κ2) is 5.83. The maximum absolute atomic E-state index is 6.35. The lowest BCUT2D eigenvalue weighted by atomic mass is 10.2. The number of hydrogen-bond donors (Lipinski definition) is 0. The third kappa shape index (κ3) is 2.95. The Bertz CT molecular complexity index is 832. The summed E-state index contributed by atoms with van der Waals surface area (Å²) in [5.74, 6) is 0.624. The summed E-state index contributed by atoms with van der Waals surface area (Å²) >= 11 is 14.9. The summed E-state index contributed by atoms with van der Waals surface area (Å²) in [6.45, 7) is 0. The highest BCUT2D eigenvalue weighted by Gasteiger charge is 2.14. The molecule has 0 saturated carbocycles. The van der Waals surface area contributed by atoms with Crippen LogP contribution in [0, 0.1) is 0 Å². The van der Waals surface area contributed by atoms with E-state index in [1.165, 1.54) is 0 Å². The van der Waals surface area contributed by atoms with Gasteiger partial charge in [0.2, 0.25) is 0 Å². The summed E-state index contributed by atoms with van der Waals surface area (Å²) in [5.41, 5.74) is 2.84. The van der Waals surface area contributed by atoms with Crippen LogP contribution in [0.25, 0.3) is 22.3 Å². The second-order valence-electron chi connectivity index (χ2n) is 4.67. The van der Waals surface area contributed by atoms with Gasteiger partial charge in [-0.15, -0.1) is 11.3 Å². The summed E-state index contributed by atoms with van der Waals surface area (Å²) in [7, 11) is 3.98. The number of benzene rings is 1. The molecular weight excluding hydrogens is 438 g/mol. The van der Waals surface area contributed by atoms with Gasteiger partial charge in [-0.1, -0.05) is 11.6 Å². The van der Waals surface area contributed by atoms with Crippen molar-refractivity contribution < 1.29 is 0 Å². The average molecular weight is 448 g/mol. The molecule has 0 aliphatic heterocycles. The number of rotatable bonds is 2. The van der Waals surface area contributed by atoms with Crippen molar-refractivity contribution in [1.29, 1.82) is 0 Å². The fourth-order valence-electron chi connectivity index (χ4n) is 1.97. The molecule has 1 aromatic carbocycles. The molecule has 0 atom stereocenters. The van der Waals surface area contributed by atoms with Gasteiger partial charge in [-0.2, -0.15) is 0 Å². The molecule has 0 aliphatic carbocycles. The molecule has 0 unspecified atom stereocenters. The maximum Gasteiger partial charge on any atom is 0.163 e. The topological polar surface area (TPSA) is 29.0 Å². The average Bonchev–Trinajstić information content (AvgIpc) is 2.77. The number of halogens is 3. The Morgan fingerprint density at radius 3 is 2.52 bits per heavy atom. The van der Waals surface area contributed by atoms with Crippen LogP contribution in [-0.4, -0.2) is 24.1 Å². The number of thiophene rings is 1. The molecule has 3 rings (SSSR count). The summed E-state index contributed by atoms with van der Waals surface area (Å²) in [6, 6.07) is 7.98. The number of fused-ring (bicyclic) bond motifs is 1. The molecule has 0 amide bonds. The van der Waals surface area contributed by atoms with Crippen LogP contribution in [0.2, 0.25) is 5.15 Å². The predicted octanol–water partition coefficient (Wildman–Crippen LogP) is 5.60. The first-order valence-corrected chi connectivity index (χ1v) is 8.83. The van der Waals surface area contributed by atoms with Crippen LogP contribution in [0.3, 0.4) is 0 Å². The lowest BCUT2D eigenvalue weighted by molar-refractivity contribution is 1.13. The molecule has 0 saturated heterocycles. The van der Waals surface area contributed by atoms with Crippen molar-refractivity contribution in [2.75, 3.05) is 19.0 Å². The van der Waals surface area contributed by atoms with Crippen molar-refractivity contribution in [2.45, 2.75) is 0 Å². The number of hydrogen-bond acceptors (Lipinski definition) is 4. The van der Waals surface area contributed by atoms with Gasteiger partial charge in [0.1, 0.15) is 5.15 Å². The van der Waals surface area contributed by atoms with Crippen molar-refractivity contribution in [3.05, 3.63) is 37.0 Å². The smallest absolute Gasteiger partial charge is 0.163 e. The van der Waals surface area contributed by atoms with Gasteiger partial charge in [-0.3, -0.25) is 0 Å². The SMILES string of the molecule is CN(C)c1ccc2nc(-c3cc(Br)sc3Br)nc(Cl)c2c1. The quantitative estimate of drug-likeness (QED) is 0.479. The van der Waals surface area contributed by atoms with E-state index in [-0.39, 0.29) is 0 Å². The molecule has 0 fully saturated rings. The van der Waals surface area contributed by atoms with Crippen LogP contribution in [0.1, 0.15) is 0 Å². The summed E-state index contributed by atoms with van der Waals surface area (Å²) < 4.78 is 2.00. The van der Waals surface area contributed by atoms with E-state index in [4.69, 9.17) is 11.6 Å². The fourth-order valence-corrected chi connectivity index (χ4v) is 4.99. The van der Waals surface area contributed by atoms with Gasteiger partial charge in [-0.25, -0.2) is 9.97 Å². The molecule has 108 valence electrons. The van der Waals surface area contributed by atoms with E-state index in [9.17, 15) is 0 Å². The lowest BCUT2D eigenvalue weighted by Gasteiger charge is -2.13. The van der Waals surface area contributed by atoms with E-state index >= 15 is 0 Å². The highest BCUT2D eigenvalue weighted by molar-refractivity contribution is 9.12. The van der Waals surface area contributed by atoms with Gasteiger partial charge in [-0.05, 0) is 56.1 Å². The summed E-state index contributed by atoms with van der Waals surface area (Å²) in [4.78, 5) is 11.1. The van der Waals surface area contributed by atoms with E-state index in [2.05, 4.69) is 41.8 Å². The van der Waals surface area contributed by atoms with E-state index in [0.29, 0.717) is 11.0 Å². The zero-order valence-electron chi connectivity index (χ0n) is 11.2. The molecule has 0 spiro atoms. The molecule has 7 heteroatoms. The van der Waals surface area contributed by atoms with Gasteiger partial charge in [0, 0.05) is 30.7 Å². The zero-order valence-corrected chi connectivity index (χ0v) is 15.9. The van der Waals surface area contributed by atoms with E-state index in [0.717, 1.165) is 29.7 Å². The van der Waals surface area contributed by atoms with Crippen LogP contribution < -0.4 is 4.90 Å². The van der Waals surface area contributed by atoms with Crippen LogP contribution >= 0.6 is 54.8 Å². The fraction of sp³-hybridized carbons (Fsp3) is 0.143. The molecule has 3 nitrogen and oxygen atoms in total. The summed E-state index contributed by atoms with van der Waals surface area (Å²) in [5, 5.41) is 1.32. The van der Waals surface area contributed by atoms with Crippen molar-refractivity contribution >= 4 is 71.4 Å². The van der Waals surface area contributed by atoms with Crippen molar-refractivity contribution in [2.24, 2.45) is 0 Å². The molecule has 0 aliphatic rings. The molecule has 0 radical (unpaired) electrons. The molecule has 2 heterocycles. The lowest BCUT2D eigenvalue weighted by Crippen LogP contribution is -2.08. The van der Waals surface area contributed by atoms with Crippen molar-refractivity contribution in [3.63, 3.8) is 0 Å². The molecular formula is C14H10Br2ClN3S. The Morgan fingerprint density at radius 2 is 1.90 bits per heavy atom. The third-order valence-corrected chi connectivity index (χ3v) is 5.67. The second-order valence-corrected chi connectivity index (χ2v) is 8.78. The first kappa shape index (κ1) is 15.2. The largest absolute Gasteiger partial charge is 0.378 e. The Morgan fingerprint density at radius 1 is 1.14 bits per heavy atom. The van der Waals surface area contributed by atoms with Gasteiger partial charge in [0.25, 0.3) is 0 Å². The first-order valence-electron chi connectivity index (χ1n) is 6.05. The monoisotopic (exact) mass is 445 g/mol. The van der Waals surface area contributed by atoms with E-state index < -0.39 is 0 Å². The molecule has 3 aromatic rings. The van der Waals surface area contributed by atoms with Gasteiger partial charge >= 0.3 is 0 Å². The highest BCUT2D eigenvalue weighted by atomic mass is 79.9.